The molecule has 0 saturated carbocycles. The number of amides is 2. The van der Waals surface area contributed by atoms with E-state index in [4.69, 9.17) is 16.3 Å². The van der Waals surface area contributed by atoms with Crippen LogP contribution in [0.4, 0.5) is 10.7 Å². The van der Waals surface area contributed by atoms with Gasteiger partial charge in [-0.05, 0) is 52.8 Å². The summed E-state index contributed by atoms with van der Waals surface area (Å²) in [6.45, 7) is 8.86. The molecule has 1 heterocycles. The van der Waals surface area contributed by atoms with Gasteiger partial charge in [-0.3, -0.25) is 10.1 Å². The van der Waals surface area contributed by atoms with Crippen molar-refractivity contribution in [3.05, 3.63) is 23.2 Å². The number of ether oxygens (including phenoxy) is 1. The van der Waals surface area contributed by atoms with Crippen LogP contribution in [0.2, 0.25) is 5.02 Å². The van der Waals surface area contributed by atoms with E-state index in [1.54, 1.807) is 51.3 Å². The molecule has 0 spiro atoms. The molecular formula is C18H25ClN4O3. The SMILES string of the molecule is Cn1c(NC(=O)CC(C)(C)NC(=O)OC(C)(C)C)nc2cc(Cl)ccc21. The Morgan fingerprint density at radius 3 is 2.50 bits per heavy atom. The average molecular weight is 381 g/mol. The molecule has 0 aliphatic rings. The molecule has 1 aromatic carbocycles. The molecule has 2 aromatic rings. The lowest BCUT2D eigenvalue weighted by molar-refractivity contribution is -0.117. The van der Waals surface area contributed by atoms with E-state index in [1.807, 2.05) is 13.1 Å². The topological polar surface area (TPSA) is 85.2 Å². The highest BCUT2D eigenvalue weighted by Gasteiger charge is 2.27. The van der Waals surface area contributed by atoms with Crippen molar-refractivity contribution < 1.29 is 14.3 Å². The molecule has 0 fully saturated rings. The van der Waals surface area contributed by atoms with E-state index in [-0.39, 0.29) is 12.3 Å². The number of carbonyl (C=O) groups is 2. The summed E-state index contributed by atoms with van der Waals surface area (Å²) in [6, 6.07) is 5.35. The molecule has 1 aromatic heterocycles. The molecule has 26 heavy (non-hydrogen) atoms. The maximum atomic E-state index is 12.4. The standard InChI is InChI=1S/C18H25ClN4O3/c1-17(2,3)26-16(25)22-18(4,5)10-14(24)21-15-20-12-9-11(19)7-8-13(12)23(15)6/h7-9H,10H2,1-6H3,(H,22,25)(H,20,21,24). The van der Waals surface area contributed by atoms with Gasteiger partial charge in [0.1, 0.15) is 5.60 Å². The third kappa shape index (κ3) is 5.36. The van der Waals surface area contributed by atoms with Gasteiger partial charge in [0.25, 0.3) is 0 Å². The molecule has 0 aliphatic heterocycles. The van der Waals surface area contributed by atoms with Crippen molar-refractivity contribution in [1.29, 1.82) is 0 Å². The molecule has 0 bridgehead atoms. The number of carbonyl (C=O) groups excluding carboxylic acids is 2. The lowest BCUT2D eigenvalue weighted by atomic mass is 10.0. The molecule has 2 N–H and O–H groups in total. The molecule has 2 rings (SSSR count). The van der Waals surface area contributed by atoms with E-state index < -0.39 is 17.2 Å². The monoisotopic (exact) mass is 380 g/mol. The highest BCUT2D eigenvalue weighted by atomic mass is 35.5. The quantitative estimate of drug-likeness (QED) is 0.843. The van der Waals surface area contributed by atoms with E-state index in [1.165, 1.54) is 0 Å². The van der Waals surface area contributed by atoms with Crippen LogP contribution in [0.5, 0.6) is 0 Å². The Bertz CT molecular complexity index is 837. The van der Waals surface area contributed by atoms with Crippen molar-refractivity contribution in [2.24, 2.45) is 7.05 Å². The third-order valence-corrected chi connectivity index (χ3v) is 3.77. The predicted molar refractivity (Wildman–Crippen MR) is 102 cm³/mol. The molecule has 8 heteroatoms. The fourth-order valence-corrected chi connectivity index (χ4v) is 2.65. The lowest BCUT2D eigenvalue weighted by Crippen LogP contribution is -2.47. The Labute approximate surface area is 158 Å². The Morgan fingerprint density at radius 2 is 1.88 bits per heavy atom. The summed E-state index contributed by atoms with van der Waals surface area (Å²) < 4.78 is 7.01. The number of imidazole rings is 1. The second kappa shape index (κ2) is 7.15. The molecule has 2 amide bonds. The number of halogens is 1. The number of aromatic nitrogens is 2. The van der Waals surface area contributed by atoms with Crippen LogP contribution in [0.15, 0.2) is 18.2 Å². The largest absolute Gasteiger partial charge is 0.444 e. The number of nitrogens with zero attached hydrogens (tertiary/aromatic N) is 2. The number of aryl methyl sites for hydroxylation is 1. The summed E-state index contributed by atoms with van der Waals surface area (Å²) in [5.41, 5.74) is 0.175. The van der Waals surface area contributed by atoms with Gasteiger partial charge < -0.3 is 14.6 Å². The Balaban J connectivity index is 2.03. The molecule has 0 atom stereocenters. The van der Waals surface area contributed by atoms with Crippen LogP contribution < -0.4 is 10.6 Å². The fraction of sp³-hybridized carbons (Fsp3) is 0.500. The number of anilines is 1. The molecule has 0 unspecified atom stereocenters. The second-order valence-electron chi connectivity index (χ2n) is 7.86. The number of hydrogen-bond acceptors (Lipinski definition) is 4. The number of alkyl carbamates (subject to hydrolysis) is 1. The highest BCUT2D eigenvalue weighted by molar-refractivity contribution is 6.31. The van der Waals surface area contributed by atoms with Gasteiger partial charge in [-0.2, -0.15) is 0 Å². The molecule has 0 radical (unpaired) electrons. The van der Waals surface area contributed by atoms with E-state index >= 15 is 0 Å². The van der Waals surface area contributed by atoms with Gasteiger partial charge in [0.05, 0.1) is 11.0 Å². The Hall–Kier alpha value is -2.28. The van der Waals surface area contributed by atoms with Gasteiger partial charge in [-0.15, -0.1) is 0 Å². The van der Waals surface area contributed by atoms with Crippen molar-refractivity contribution in [3.63, 3.8) is 0 Å². The maximum Gasteiger partial charge on any atom is 0.408 e. The normalized spacial score (nSPS) is 12.1. The van der Waals surface area contributed by atoms with Crippen molar-refractivity contribution in [2.45, 2.75) is 52.2 Å². The zero-order chi connectivity index (χ0) is 19.7. The average Bonchev–Trinajstić information content (AvgIpc) is 2.70. The predicted octanol–water partition coefficient (Wildman–Crippen LogP) is 3.86. The summed E-state index contributed by atoms with van der Waals surface area (Å²) in [5.74, 6) is 0.149. The van der Waals surface area contributed by atoms with E-state index in [9.17, 15) is 9.59 Å². The van der Waals surface area contributed by atoms with Gasteiger partial charge in [-0.25, -0.2) is 9.78 Å². The summed E-state index contributed by atoms with van der Waals surface area (Å²) >= 11 is 5.98. The van der Waals surface area contributed by atoms with Crippen LogP contribution in [0.3, 0.4) is 0 Å². The van der Waals surface area contributed by atoms with Gasteiger partial charge >= 0.3 is 6.09 Å². The summed E-state index contributed by atoms with van der Waals surface area (Å²) in [5, 5.41) is 6.07. The lowest BCUT2D eigenvalue weighted by Gasteiger charge is -2.28. The Morgan fingerprint density at radius 1 is 1.23 bits per heavy atom. The van der Waals surface area contributed by atoms with Crippen LogP contribution in [-0.2, 0) is 16.6 Å². The van der Waals surface area contributed by atoms with Crippen LogP contribution in [0.25, 0.3) is 11.0 Å². The number of fused-ring (bicyclic) bond motifs is 1. The first-order chi connectivity index (χ1) is 11.9. The van der Waals surface area contributed by atoms with Crippen LogP contribution >= 0.6 is 11.6 Å². The summed E-state index contributed by atoms with van der Waals surface area (Å²) in [4.78, 5) is 28.7. The first-order valence-corrected chi connectivity index (χ1v) is 8.67. The highest BCUT2D eigenvalue weighted by Crippen LogP contribution is 2.22. The van der Waals surface area contributed by atoms with E-state index in [0.717, 1.165) is 5.52 Å². The number of nitrogens with one attached hydrogen (secondary N) is 2. The van der Waals surface area contributed by atoms with Crippen LogP contribution in [0.1, 0.15) is 41.0 Å². The minimum Gasteiger partial charge on any atom is -0.444 e. The molecular weight excluding hydrogens is 356 g/mol. The van der Waals surface area contributed by atoms with Crippen molar-refractivity contribution in [3.8, 4) is 0 Å². The number of benzene rings is 1. The van der Waals surface area contributed by atoms with Gasteiger partial charge in [0.2, 0.25) is 11.9 Å². The molecule has 142 valence electrons. The molecule has 0 aliphatic carbocycles. The van der Waals surface area contributed by atoms with Gasteiger partial charge in [-0.1, -0.05) is 11.6 Å². The molecule has 7 nitrogen and oxygen atoms in total. The molecule has 0 saturated heterocycles. The summed E-state index contributed by atoms with van der Waals surface area (Å²) in [7, 11) is 1.81. The Kier molecular flexibility index (Phi) is 5.51. The first-order valence-electron chi connectivity index (χ1n) is 8.29. The van der Waals surface area contributed by atoms with E-state index in [0.29, 0.717) is 16.5 Å². The van der Waals surface area contributed by atoms with Crippen molar-refractivity contribution >= 4 is 40.6 Å². The number of rotatable bonds is 4. The third-order valence-electron chi connectivity index (χ3n) is 3.54. The second-order valence-corrected chi connectivity index (χ2v) is 8.30. The smallest absolute Gasteiger partial charge is 0.408 e. The zero-order valence-corrected chi connectivity index (χ0v) is 16.7. The first kappa shape index (κ1) is 20.0. The van der Waals surface area contributed by atoms with Crippen molar-refractivity contribution in [1.82, 2.24) is 14.9 Å². The van der Waals surface area contributed by atoms with Crippen LogP contribution in [-0.4, -0.2) is 32.7 Å². The fourth-order valence-electron chi connectivity index (χ4n) is 2.48. The van der Waals surface area contributed by atoms with Gasteiger partial charge in [0, 0.05) is 24.0 Å². The minimum absolute atomic E-state index is 0.0657. The number of hydrogen-bond donors (Lipinski definition) is 2. The summed E-state index contributed by atoms with van der Waals surface area (Å²) in [6.07, 6.45) is -0.497. The van der Waals surface area contributed by atoms with Gasteiger partial charge in [0.15, 0.2) is 0 Å². The van der Waals surface area contributed by atoms with Crippen LogP contribution in [0, 0.1) is 0 Å². The van der Waals surface area contributed by atoms with E-state index in [2.05, 4.69) is 15.6 Å². The minimum atomic E-state index is -0.777. The van der Waals surface area contributed by atoms with Crippen molar-refractivity contribution in [2.75, 3.05) is 5.32 Å². The zero-order valence-electron chi connectivity index (χ0n) is 15.9. The maximum absolute atomic E-state index is 12.4.